The number of ether oxygens (including phenoxy) is 1. The zero-order valence-corrected chi connectivity index (χ0v) is 15.5. The zero-order valence-electron chi connectivity index (χ0n) is 15.5. The van der Waals surface area contributed by atoms with Gasteiger partial charge >= 0.3 is 0 Å². The minimum Gasteiger partial charge on any atom is -0.468 e. The average molecular weight is 348 g/mol. The Labute approximate surface area is 151 Å². The van der Waals surface area contributed by atoms with E-state index in [1.165, 1.54) is 12.8 Å². The second kappa shape index (κ2) is 9.39. The molecule has 0 radical (unpaired) electrons. The number of carbonyl (C=O) groups is 1. The first-order chi connectivity index (χ1) is 12.3. The molecule has 1 amide bonds. The quantitative estimate of drug-likeness (QED) is 0.710. The van der Waals surface area contributed by atoms with E-state index in [0.717, 1.165) is 70.8 Å². The molecular formula is C20H32N2O3. The summed E-state index contributed by atoms with van der Waals surface area (Å²) in [7, 11) is 1.76. The van der Waals surface area contributed by atoms with E-state index in [1.54, 1.807) is 13.4 Å². The summed E-state index contributed by atoms with van der Waals surface area (Å²) in [6, 6.07) is 3.96. The molecule has 0 N–H and O–H groups in total. The Morgan fingerprint density at radius 3 is 2.84 bits per heavy atom. The smallest absolute Gasteiger partial charge is 0.225 e. The summed E-state index contributed by atoms with van der Waals surface area (Å²) in [5.41, 5.74) is 0. The molecule has 0 unspecified atom stereocenters. The number of methoxy groups -OCH3 is 1. The molecular weight excluding hydrogens is 316 g/mol. The molecule has 0 bridgehead atoms. The summed E-state index contributed by atoms with van der Waals surface area (Å²) in [5, 5.41) is 0. The number of piperidine rings is 2. The van der Waals surface area contributed by atoms with Gasteiger partial charge in [0.2, 0.25) is 5.91 Å². The van der Waals surface area contributed by atoms with Gasteiger partial charge in [0.05, 0.1) is 12.8 Å². The molecule has 1 aromatic rings. The van der Waals surface area contributed by atoms with Crippen LogP contribution in [0.5, 0.6) is 0 Å². The predicted octanol–water partition coefficient (Wildman–Crippen LogP) is 3.16. The summed E-state index contributed by atoms with van der Waals surface area (Å²) in [4.78, 5) is 17.5. The molecule has 5 heteroatoms. The topological polar surface area (TPSA) is 45.9 Å². The van der Waals surface area contributed by atoms with Gasteiger partial charge in [-0.15, -0.1) is 0 Å². The molecule has 25 heavy (non-hydrogen) atoms. The van der Waals surface area contributed by atoms with Crippen molar-refractivity contribution in [1.29, 1.82) is 0 Å². The van der Waals surface area contributed by atoms with Crippen molar-refractivity contribution in [3.05, 3.63) is 24.2 Å². The molecule has 3 rings (SSSR count). The van der Waals surface area contributed by atoms with Gasteiger partial charge in [-0.2, -0.15) is 0 Å². The monoisotopic (exact) mass is 348 g/mol. The van der Waals surface area contributed by atoms with E-state index in [1.807, 2.05) is 12.1 Å². The number of hydrogen-bond donors (Lipinski definition) is 0. The molecule has 2 aliphatic heterocycles. The molecule has 1 atom stereocenters. The van der Waals surface area contributed by atoms with Crippen LogP contribution >= 0.6 is 0 Å². The fourth-order valence-electron chi connectivity index (χ4n) is 4.24. The van der Waals surface area contributed by atoms with Crippen molar-refractivity contribution in [2.45, 2.75) is 45.1 Å². The van der Waals surface area contributed by atoms with Gasteiger partial charge in [-0.3, -0.25) is 9.69 Å². The van der Waals surface area contributed by atoms with Crippen molar-refractivity contribution < 1.29 is 13.9 Å². The van der Waals surface area contributed by atoms with Crippen molar-refractivity contribution in [2.75, 3.05) is 39.9 Å². The van der Waals surface area contributed by atoms with Crippen molar-refractivity contribution in [3.63, 3.8) is 0 Å². The second-order valence-electron chi connectivity index (χ2n) is 7.56. The molecule has 3 heterocycles. The summed E-state index contributed by atoms with van der Waals surface area (Å²) in [6.45, 7) is 5.57. The molecule has 2 aliphatic rings. The van der Waals surface area contributed by atoms with Gasteiger partial charge in [0.1, 0.15) is 5.76 Å². The highest BCUT2D eigenvalue weighted by Crippen LogP contribution is 2.26. The van der Waals surface area contributed by atoms with Crippen LogP contribution < -0.4 is 0 Å². The molecule has 0 saturated carbocycles. The van der Waals surface area contributed by atoms with E-state index in [-0.39, 0.29) is 5.92 Å². The predicted molar refractivity (Wildman–Crippen MR) is 97.1 cm³/mol. The largest absolute Gasteiger partial charge is 0.468 e. The van der Waals surface area contributed by atoms with Crippen LogP contribution in [-0.2, 0) is 16.1 Å². The van der Waals surface area contributed by atoms with E-state index in [0.29, 0.717) is 11.8 Å². The molecule has 2 saturated heterocycles. The van der Waals surface area contributed by atoms with Crippen LogP contribution in [-0.4, -0.2) is 55.6 Å². The lowest BCUT2D eigenvalue weighted by molar-refractivity contribution is -0.139. The minimum atomic E-state index is 0.213. The number of likely N-dealkylation sites (tertiary alicyclic amines) is 2. The van der Waals surface area contributed by atoms with E-state index in [4.69, 9.17) is 9.15 Å². The number of nitrogens with zero attached hydrogens (tertiary/aromatic N) is 2. The second-order valence-corrected chi connectivity index (χ2v) is 7.56. The van der Waals surface area contributed by atoms with Crippen molar-refractivity contribution >= 4 is 5.91 Å². The van der Waals surface area contributed by atoms with Gasteiger partial charge in [-0.1, -0.05) is 0 Å². The van der Waals surface area contributed by atoms with Gasteiger partial charge in [0.25, 0.3) is 0 Å². The molecule has 5 nitrogen and oxygen atoms in total. The van der Waals surface area contributed by atoms with Gasteiger partial charge in [0.15, 0.2) is 0 Å². The fraction of sp³-hybridized carbons (Fsp3) is 0.750. The SMILES string of the molecule is COCCC[C@@H]1CCCN(C(=O)C2CCN(Cc3ccco3)CC2)C1. The number of furan rings is 1. The van der Waals surface area contributed by atoms with Crippen molar-refractivity contribution in [2.24, 2.45) is 11.8 Å². The van der Waals surface area contributed by atoms with E-state index in [9.17, 15) is 4.79 Å². The third-order valence-electron chi connectivity index (χ3n) is 5.69. The van der Waals surface area contributed by atoms with Crippen molar-refractivity contribution in [1.82, 2.24) is 9.80 Å². The Bertz CT molecular complexity index is 509. The Balaban J connectivity index is 1.42. The highest BCUT2D eigenvalue weighted by molar-refractivity contribution is 5.79. The van der Waals surface area contributed by atoms with Crippen LogP contribution in [0.15, 0.2) is 22.8 Å². The van der Waals surface area contributed by atoms with E-state index >= 15 is 0 Å². The molecule has 140 valence electrons. The Morgan fingerprint density at radius 1 is 1.28 bits per heavy atom. The maximum absolute atomic E-state index is 12.9. The Hall–Kier alpha value is -1.33. The van der Waals surface area contributed by atoms with E-state index in [2.05, 4.69) is 9.80 Å². The van der Waals surface area contributed by atoms with Gasteiger partial charge < -0.3 is 14.1 Å². The standard InChI is InChI=1S/C20H32N2O3/c1-24-13-3-6-17-5-2-10-22(15-17)20(23)18-8-11-21(12-9-18)16-19-7-4-14-25-19/h4,7,14,17-18H,2-3,5-6,8-13,15-16H2,1H3/t17-/m0/s1. The third-order valence-corrected chi connectivity index (χ3v) is 5.69. The number of carbonyl (C=O) groups excluding carboxylic acids is 1. The Kier molecular flexibility index (Phi) is 6.93. The maximum Gasteiger partial charge on any atom is 0.225 e. The summed E-state index contributed by atoms with van der Waals surface area (Å²) in [5.74, 6) is 2.28. The van der Waals surface area contributed by atoms with Crippen LogP contribution in [0.1, 0.15) is 44.3 Å². The highest BCUT2D eigenvalue weighted by Gasteiger charge is 2.31. The lowest BCUT2D eigenvalue weighted by Crippen LogP contribution is -2.46. The molecule has 0 aliphatic carbocycles. The maximum atomic E-state index is 12.9. The van der Waals surface area contributed by atoms with Gasteiger partial charge in [-0.25, -0.2) is 0 Å². The molecule has 2 fully saturated rings. The van der Waals surface area contributed by atoms with Gasteiger partial charge in [-0.05, 0) is 69.7 Å². The lowest BCUT2D eigenvalue weighted by Gasteiger charge is -2.37. The van der Waals surface area contributed by atoms with Crippen LogP contribution in [0, 0.1) is 11.8 Å². The first-order valence-corrected chi connectivity index (χ1v) is 9.78. The third kappa shape index (κ3) is 5.32. The zero-order chi connectivity index (χ0) is 17.5. The number of hydrogen-bond acceptors (Lipinski definition) is 4. The summed E-state index contributed by atoms with van der Waals surface area (Å²) in [6.07, 6.45) is 8.38. The Morgan fingerprint density at radius 2 is 2.12 bits per heavy atom. The summed E-state index contributed by atoms with van der Waals surface area (Å²) >= 11 is 0. The molecule has 0 aromatic carbocycles. The highest BCUT2D eigenvalue weighted by atomic mass is 16.5. The molecule has 0 spiro atoms. The molecule has 1 aromatic heterocycles. The number of rotatable bonds is 7. The minimum absolute atomic E-state index is 0.213. The van der Waals surface area contributed by atoms with E-state index < -0.39 is 0 Å². The fourth-order valence-corrected chi connectivity index (χ4v) is 4.24. The van der Waals surface area contributed by atoms with Crippen LogP contribution in [0.25, 0.3) is 0 Å². The van der Waals surface area contributed by atoms with Crippen molar-refractivity contribution in [3.8, 4) is 0 Å². The lowest BCUT2D eigenvalue weighted by atomic mass is 9.90. The van der Waals surface area contributed by atoms with Gasteiger partial charge in [0, 0.05) is 32.7 Å². The first-order valence-electron chi connectivity index (χ1n) is 9.78. The normalized spacial score (nSPS) is 23.1. The number of amides is 1. The van der Waals surface area contributed by atoms with Crippen LogP contribution in [0.2, 0.25) is 0 Å². The average Bonchev–Trinajstić information content (AvgIpc) is 3.15. The van der Waals surface area contributed by atoms with Crippen LogP contribution in [0.3, 0.4) is 0 Å². The summed E-state index contributed by atoms with van der Waals surface area (Å²) < 4.78 is 10.6. The van der Waals surface area contributed by atoms with Crippen LogP contribution in [0.4, 0.5) is 0 Å². The first kappa shape index (κ1) is 18.5.